The topological polar surface area (TPSA) is 66.5 Å². The minimum Gasteiger partial charge on any atom is -0.354 e. The van der Waals surface area contributed by atoms with Crippen LogP contribution in [-0.4, -0.2) is 33.2 Å². The molecule has 0 heterocycles. The number of para-hydroxylation sites is 1. The molecular formula is C25H27ClN2O3S2. The number of nitrogens with zero attached hydrogens (tertiary/aromatic N) is 1. The lowest BCUT2D eigenvalue weighted by molar-refractivity contribution is -0.119. The molecule has 0 spiro atoms. The molecule has 0 saturated heterocycles. The summed E-state index contributed by atoms with van der Waals surface area (Å²) >= 11 is 7.65. The zero-order valence-corrected chi connectivity index (χ0v) is 21.0. The summed E-state index contributed by atoms with van der Waals surface area (Å²) in [6, 6.07) is 21.3. The van der Waals surface area contributed by atoms with Crippen LogP contribution in [0.1, 0.15) is 16.7 Å². The van der Waals surface area contributed by atoms with Crippen LogP contribution in [0, 0.1) is 13.8 Å². The summed E-state index contributed by atoms with van der Waals surface area (Å²) < 4.78 is 27.9. The van der Waals surface area contributed by atoms with E-state index in [9.17, 15) is 13.2 Å². The quantitative estimate of drug-likeness (QED) is 0.387. The highest BCUT2D eigenvalue weighted by molar-refractivity contribution is 7.98. The van der Waals surface area contributed by atoms with Crippen molar-refractivity contribution in [3.8, 4) is 0 Å². The number of hydrogen-bond donors (Lipinski definition) is 1. The first-order valence-corrected chi connectivity index (χ1v) is 13.5. The summed E-state index contributed by atoms with van der Waals surface area (Å²) in [5.41, 5.74) is 3.75. The predicted molar refractivity (Wildman–Crippen MR) is 138 cm³/mol. The highest BCUT2D eigenvalue weighted by Crippen LogP contribution is 2.27. The van der Waals surface area contributed by atoms with Gasteiger partial charge >= 0.3 is 0 Å². The molecule has 0 bridgehead atoms. The third kappa shape index (κ3) is 6.76. The van der Waals surface area contributed by atoms with Crippen molar-refractivity contribution in [3.05, 3.63) is 94.5 Å². The summed E-state index contributed by atoms with van der Waals surface area (Å²) in [5, 5.41) is 3.29. The Labute approximate surface area is 205 Å². The van der Waals surface area contributed by atoms with Gasteiger partial charge in [0.25, 0.3) is 10.0 Å². The minimum absolute atomic E-state index is 0.0803. The van der Waals surface area contributed by atoms with E-state index >= 15 is 0 Å². The van der Waals surface area contributed by atoms with Gasteiger partial charge in [-0.1, -0.05) is 54.1 Å². The summed E-state index contributed by atoms with van der Waals surface area (Å²) in [5.74, 6) is 1.24. The molecule has 3 aromatic rings. The maximum atomic E-state index is 13.4. The molecule has 3 aromatic carbocycles. The van der Waals surface area contributed by atoms with Crippen LogP contribution >= 0.6 is 23.4 Å². The normalized spacial score (nSPS) is 11.2. The molecule has 0 unspecified atom stereocenters. The zero-order chi connectivity index (χ0) is 23.8. The second kappa shape index (κ2) is 11.6. The fraction of sp³-hybridized carbons (Fsp3) is 0.240. The average Bonchev–Trinajstić information content (AvgIpc) is 2.79. The molecule has 0 radical (unpaired) electrons. The fourth-order valence-electron chi connectivity index (χ4n) is 3.28. The smallest absolute Gasteiger partial charge is 0.264 e. The predicted octanol–water partition coefficient (Wildman–Crippen LogP) is 5.20. The van der Waals surface area contributed by atoms with Crippen molar-refractivity contribution in [3.63, 3.8) is 0 Å². The van der Waals surface area contributed by atoms with Crippen molar-refractivity contribution in [1.29, 1.82) is 0 Å². The number of thioether (sulfide) groups is 1. The van der Waals surface area contributed by atoms with Gasteiger partial charge in [-0.15, -0.1) is 0 Å². The van der Waals surface area contributed by atoms with E-state index in [-0.39, 0.29) is 17.3 Å². The molecule has 0 aliphatic rings. The van der Waals surface area contributed by atoms with E-state index in [2.05, 4.69) is 24.4 Å². The van der Waals surface area contributed by atoms with E-state index in [1.165, 1.54) is 35.4 Å². The van der Waals surface area contributed by atoms with Crippen LogP contribution in [0.25, 0.3) is 0 Å². The van der Waals surface area contributed by atoms with Crippen molar-refractivity contribution < 1.29 is 13.2 Å². The first-order chi connectivity index (χ1) is 15.8. The molecule has 0 aliphatic heterocycles. The van der Waals surface area contributed by atoms with Crippen LogP contribution in [0.4, 0.5) is 5.69 Å². The van der Waals surface area contributed by atoms with E-state index < -0.39 is 10.0 Å². The molecule has 5 nitrogen and oxygen atoms in total. The molecule has 0 aliphatic carbocycles. The molecule has 3 rings (SSSR count). The summed E-state index contributed by atoms with van der Waals surface area (Å²) in [4.78, 5) is 12.8. The van der Waals surface area contributed by atoms with Crippen LogP contribution in [0.5, 0.6) is 0 Å². The molecule has 0 atom stereocenters. The number of nitrogens with one attached hydrogen (secondary N) is 1. The van der Waals surface area contributed by atoms with Gasteiger partial charge in [-0.25, -0.2) is 8.42 Å². The molecule has 0 saturated carbocycles. The van der Waals surface area contributed by atoms with Crippen molar-refractivity contribution >= 4 is 45.0 Å². The minimum atomic E-state index is -3.96. The molecule has 1 amide bonds. The Bertz CT molecular complexity index is 1200. The monoisotopic (exact) mass is 502 g/mol. The van der Waals surface area contributed by atoms with Crippen LogP contribution in [0.3, 0.4) is 0 Å². The number of anilines is 1. The van der Waals surface area contributed by atoms with Crippen molar-refractivity contribution in [2.75, 3.05) is 23.1 Å². The van der Waals surface area contributed by atoms with Gasteiger partial charge in [0.1, 0.15) is 6.54 Å². The number of sulfonamides is 1. The lowest BCUT2D eigenvalue weighted by atomic mass is 10.1. The van der Waals surface area contributed by atoms with E-state index in [0.717, 1.165) is 21.4 Å². The maximum Gasteiger partial charge on any atom is 0.264 e. The SMILES string of the molecule is Cc1ccccc1CSCCNC(=O)CN(c1ccccc1C)S(=O)(=O)c1ccc(Cl)cc1. The largest absolute Gasteiger partial charge is 0.354 e. The van der Waals surface area contributed by atoms with E-state index in [1.807, 2.05) is 31.2 Å². The third-order valence-electron chi connectivity index (χ3n) is 5.16. The molecule has 0 aromatic heterocycles. The lowest BCUT2D eigenvalue weighted by Crippen LogP contribution is -2.41. The zero-order valence-electron chi connectivity index (χ0n) is 18.6. The summed E-state index contributed by atoms with van der Waals surface area (Å²) in [7, 11) is -3.96. The molecular weight excluding hydrogens is 476 g/mol. The van der Waals surface area contributed by atoms with Crippen LogP contribution in [0.15, 0.2) is 77.7 Å². The van der Waals surface area contributed by atoms with Gasteiger partial charge in [-0.05, 0) is 60.9 Å². The lowest BCUT2D eigenvalue weighted by Gasteiger charge is -2.25. The van der Waals surface area contributed by atoms with Gasteiger partial charge in [0.05, 0.1) is 10.6 Å². The molecule has 8 heteroatoms. The number of amides is 1. The third-order valence-corrected chi connectivity index (χ3v) is 8.19. The standard InChI is InChI=1S/C25H27ClN2O3S2/c1-19-7-3-5-9-21(19)18-32-16-15-27-25(29)17-28(24-10-6-4-8-20(24)2)33(30,31)23-13-11-22(26)12-14-23/h3-14H,15-18H2,1-2H3,(H,27,29). The Kier molecular flexibility index (Phi) is 8.83. The second-order valence-electron chi connectivity index (χ2n) is 7.58. The Balaban J connectivity index is 1.66. The Morgan fingerprint density at radius 1 is 0.939 bits per heavy atom. The summed E-state index contributed by atoms with van der Waals surface area (Å²) in [6.45, 7) is 4.05. The van der Waals surface area contributed by atoms with Gasteiger partial charge in [-0.3, -0.25) is 9.10 Å². The summed E-state index contributed by atoms with van der Waals surface area (Å²) in [6.07, 6.45) is 0. The van der Waals surface area contributed by atoms with Crippen molar-refractivity contribution in [2.45, 2.75) is 24.5 Å². The van der Waals surface area contributed by atoms with Crippen molar-refractivity contribution in [1.82, 2.24) is 5.32 Å². The highest BCUT2D eigenvalue weighted by atomic mass is 35.5. The Hall–Kier alpha value is -2.48. The highest BCUT2D eigenvalue weighted by Gasteiger charge is 2.28. The second-order valence-corrected chi connectivity index (χ2v) is 11.0. The average molecular weight is 503 g/mol. The molecule has 33 heavy (non-hydrogen) atoms. The molecule has 1 N–H and O–H groups in total. The Morgan fingerprint density at radius 2 is 1.58 bits per heavy atom. The van der Waals surface area contributed by atoms with Gasteiger partial charge in [0, 0.05) is 23.1 Å². The van der Waals surface area contributed by atoms with Gasteiger partial charge in [0.2, 0.25) is 5.91 Å². The maximum absolute atomic E-state index is 13.4. The number of hydrogen-bond acceptors (Lipinski definition) is 4. The Morgan fingerprint density at radius 3 is 2.24 bits per heavy atom. The number of carbonyl (C=O) groups excluding carboxylic acids is 1. The number of halogens is 1. The van der Waals surface area contributed by atoms with E-state index in [0.29, 0.717) is 17.3 Å². The van der Waals surface area contributed by atoms with Crippen LogP contribution < -0.4 is 9.62 Å². The number of aryl methyl sites for hydroxylation is 2. The fourth-order valence-corrected chi connectivity index (χ4v) is 5.83. The molecule has 174 valence electrons. The first-order valence-electron chi connectivity index (χ1n) is 10.5. The van der Waals surface area contributed by atoms with Crippen LogP contribution in [-0.2, 0) is 20.6 Å². The van der Waals surface area contributed by atoms with E-state index in [1.54, 1.807) is 23.9 Å². The van der Waals surface area contributed by atoms with Gasteiger partial charge in [-0.2, -0.15) is 11.8 Å². The van der Waals surface area contributed by atoms with Crippen LogP contribution in [0.2, 0.25) is 5.02 Å². The van der Waals surface area contributed by atoms with Gasteiger partial charge in [0.15, 0.2) is 0 Å². The first kappa shape index (κ1) is 25.1. The van der Waals surface area contributed by atoms with E-state index in [4.69, 9.17) is 11.6 Å². The number of rotatable bonds is 10. The number of benzene rings is 3. The molecule has 0 fully saturated rings. The van der Waals surface area contributed by atoms with Crippen molar-refractivity contribution in [2.24, 2.45) is 0 Å². The van der Waals surface area contributed by atoms with Gasteiger partial charge < -0.3 is 5.32 Å². The number of carbonyl (C=O) groups is 1.